The van der Waals surface area contributed by atoms with Crippen molar-refractivity contribution in [2.45, 2.75) is 32.9 Å². The number of imidazole rings is 2. The molecule has 5 rings (SSSR count). The lowest BCUT2D eigenvalue weighted by atomic mass is 10.0. The van der Waals surface area contributed by atoms with E-state index >= 15 is 0 Å². The molecule has 9 nitrogen and oxygen atoms in total. The first-order valence-electron chi connectivity index (χ1n) is 12.7. The van der Waals surface area contributed by atoms with E-state index in [9.17, 15) is 9.59 Å². The van der Waals surface area contributed by atoms with Crippen molar-refractivity contribution in [2.75, 3.05) is 5.32 Å². The second-order valence-electron chi connectivity index (χ2n) is 9.25. The van der Waals surface area contributed by atoms with E-state index in [1.54, 1.807) is 42.9 Å². The molecule has 0 atom stereocenters. The minimum absolute atomic E-state index is 0.0265. The van der Waals surface area contributed by atoms with Crippen molar-refractivity contribution < 1.29 is 4.79 Å². The molecule has 2 amide bonds. The fraction of sp³-hybridized carbons (Fsp3) is 0.172. The minimum Gasteiger partial charge on any atom is -0.351 e. The number of pyridine rings is 1. The zero-order valence-electron chi connectivity index (χ0n) is 21.7. The molecule has 40 heavy (non-hydrogen) atoms. The summed E-state index contributed by atoms with van der Waals surface area (Å²) in [5.41, 5.74) is 5.33. The maximum Gasteiger partial charge on any atom is 0.321 e. The zero-order valence-corrected chi connectivity index (χ0v) is 23.2. The molecule has 204 valence electrons. The summed E-state index contributed by atoms with van der Waals surface area (Å²) in [6.07, 6.45) is 7.93. The number of H-pyrrole nitrogens is 2. The maximum atomic E-state index is 12.7. The first-order valence-corrected chi connectivity index (χ1v) is 13.4. The third-order valence-electron chi connectivity index (χ3n) is 6.67. The number of amides is 2. The SMILES string of the molecule is Cc1c(Cc2c(Cl)cccc2Cl)c(=O)ccn1CCc1ccc(-c2cnc(CNC(=O)Nc3ncc[nH]3)[nH]2)cc1. The maximum absolute atomic E-state index is 12.7. The number of nitrogens with one attached hydrogen (secondary N) is 4. The van der Waals surface area contributed by atoms with Crippen molar-refractivity contribution in [3.05, 3.63) is 122 Å². The number of carbonyl (C=O) groups excluding carboxylic acids is 1. The van der Waals surface area contributed by atoms with E-state index in [1.165, 1.54) is 0 Å². The second-order valence-corrected chi connectivity index (χ2v) is 10.1. The highest BCUT2D eigenvalue weighted by Gasteiger charge is 2.13. The predicted molar refractivity (Wildman–Crippen MR) is 157 cm³/mol. The lowest BCUT2D eigenvalue weighted by molar-refractivity contribution is 0.251. The summed E-state index contributed by atoms with van der Waals surface area (Å²) in [7, 11) is 0. The van der Waals surface area contributed by atoms with Gasteiger partial charge in [0.25, 0.3) is 0 Å². The van der Waals surface area contributed by atoms with Crippen molar-refractivity contribution in [2.24, 2.45) is 0 Å². The normalized spacial score (nSPS) is 11.0. The van der Waals surface area contributed by atoms with Crippen LogP contribution in [0.5, 0.6) is 0 Å². The molecule has 0 bridgehead atoms. The van der Waals surface area contributed by atoms with Crippen LogP contribution >= 0.6 is 23.2 Å². The molecule has 0 aliphatic rings. The number of aromatic amines is 2. The summed E-state index contributed by atoms with van der Waals surface area (Å²) in [6, 6.07) is 14.8. The van der Waals surface area contributed by atoms with Gasteiger partial charge < -0.3 is 19.9 Å². The number of aromatic nitrogens is 5. The summed E-state index contributed by atoms with van der Waals surface area (Å²) < 4.78 is 2.09. The summed E-state index contributed by atoms with van der Waals surface area (Å²) in [4.78, 5) is 39.0. The Kier molecular flexibility index (Phi) is 8.33. The average Bonchev–Trinajstić information content (AvgIpc) is 3.64. The Morgan fingerprint density at radius 1 is 1.02 bits per heavy atom. The summed E-state index contributed by atoms with van der Waals surface area (Å²) in [5.74, 6) is 1.01. The fourth-order valence-corrected chi connectivity index (χ4v) is 4.94. The van der Waals surface area contributed by atoms with Gasteiger partial charge >= 0.3 is 6.03 Å². The number of hydrogen-bond donors (Lipinski definition) is 4. The zero-order chi connectivity index (χ0) is 28.1. The Labute approximate surface area is 240 Å². The summed E-state index contributed by atoms with van der Waals surface area (Å²) >= 11 is 12.7. The van der Waals surface area contributed by atoms with Crippen molar-refractivity contribution in [1.82, 2.24) is 29.8 Å². The van der Waals surface area contributed by atoms with Gasteiger partial charge in [0.2, 0.25) is 5.95 Å². The predicted octanol–water partition coefficient (Wildman–Crippen LogP) is 5.73. The van der Waals surface area contributed by atoms with Crippen LogP contribution < -0.4 is 16.1 Å². The molecule has 2 aromatic carbocycles. The Morgan fingerprint density at radius 3 is 2.52 bits per heavy atom. The lowest BCUT2D eigenvalue weighted by Crippen LogP contribution is -2.29. The molecular formula is C29H27Cl2N7O2. The van der Waals surface area contributed by atoms with Gasteiger partial charge in [-0.25, -0.2) is 14.8 Å². The monoisotopic (exact) mass is 575 g/mol. The number of urea groups is 1. The van der Waals surface area contributed by atoms with E-state index in [-0.39, 0.29) is 18.0 Å². The van der Waals surface area contributed by atoms with Crippen molar-refractivity contribution in [1.29, 1.82) is 0 Å². The minimum atomic E-state index is -0.380. The number of halogens is 2. The van der Waals surface area contributed by atoms with Crippen molar-refractivity contribution in [3.63, 3.8) is 0 Å². The van der Waals surface area contributed by atoms with Gasteiger partial charge in [-0.2, -0.15) is 0 Å². The molecule has 0 aliphatic carbocycles. The van der Waals surface area contributed by atoms with Gasteiger partial charge in [-0.15, -0.1) is 0 Å². The van der Waals surface area contributed by atoms with Crippen LogP contribution in [0.1, 0.15) is 28.2 Å². The Balaban J connectivity index is 1.19. The first-order chi connectivity index (χ1) is 19.4. The quantitative estimate of drug-likeness (QED) is 0.179. The molecule has 0 radical (unpaired) electrons. The lowest BCUT2D eigenvalue weighted by Gasteiger charge is -2.15. The third kappa shape index (κ3) is 6.44. The standard InChI is InChI=1S/C29H27Cl2N7O2/c1-18-21(15-22-23(30)3-2-4-24(22)31)26(39)10-14-38(18)13-9-19-5-7-20(8-6-19)25-16-34-27(36-25)17-35-29(40)37-28-32-11-12-33-28/h2-8,10-12,14,16H,9,13,15,17H2,1H3,(H,34,36)(H3,32,33,35,37,40). The highest BCUT2D eigenvalue weighted by atomic mass is 35.5. The molecule has 0 aliphatic heterocycles. The van der Waals surface area contributed by atoms with Crippen LogP contribution in [0.15, 0.2) is 78.1 Å². The molecular weight excluding hydrogens is 549 g/mol. The van der Waals surface area contributed by atoms with Crippen LogP contribution in [0, 0.1) is 6.92 Å². The Hall–Kier alpha value is -4.34. The van der Waals surface area contributed by atoms with E-state index in [2.05, 4.69) is 47.3 Å². The molecule has 4 N–H and O–H groups in total. The number of aryl methyl sites for hydroxylation is 2. The molecule has 11 heteroatoms. The number of benzene rings is 2. The van der Waals surface area contributed by atoms with Gasteiger partial charge in [-0.05, 0) is 42.2 Å². The van der Waals surface area contributed by atoms with Crippen LogP contribution in [0.2, 0.25) is 10.0 Å². The van der Waals surface area contributed by atoms with Gasteiger partial charge in [0.1, 0.15) is 5.82 Å². The number of hydrogen-bond acceptors (Lipinski definition) is 4. The Bertz CT molecular complexity index is 1660. The molecule has 3 aromatic heterocycles. The molecule has 0 saturated heterocycles. The van der Waals surface area contributed by atoms with Crippen molar-refractivity contribution >= 4 is 35.2 Å². The number of carbonyl (C=O) groups is 1. The largest absolute Gasteiger partial charge is 0.351 e. The Morgan fingerprint density at radius 2 is 1.80 bits per heavy atom. The summed E-state index contributed by atoms with van der Waals surface area (Å²) in [5, 5.41) is 6.44. The molecule has 0 saturated carbocycles. The smallest absolute Gasteiger partial charge is 0.321 e. The van der Waals surface area contributed by atoms with Crippen LogP contribution in [-0.4, -0.2) is 30.5 Å². The topological polar surface area (TPSA) is 120 Å². The van der Waals surface area contributed by atoms with Crippen LogP contribution in [0.4, 0.5) is 10.7 Å². The molecule has 0 fully saturated rings. The molecule has 0 spiro atoms. The average molecular weight is 576 g/mol. The van der Waals surface area contributed by atoms with Crippen LogP contribution in [0.3, 0.4) is 0 Å². The first kappa shape index (κ1) is 27.2. The van der Waals surface area contributed by atoms with Gasteiger partial charge in [0, 0.05) is 58.9 Å². The van der Waals surface area contributed by atoms with Crippen molar-refractivity contribution in [3.8, 4) is 11.3 Å². The van der Waals surface area contributed by atoms with E-state index < -0.39 is 0 Å². The van der Waals surface area contributed by atoms with Gasteiger partial charge in [-0.3, -0.25) is 10.1 Å². The van der Waals surface area contributed by atoms with Gasteiger partial charge in [-0.1, -0.05) is 53.5 Å². The van der Waals surface area contributed by atoms with E-state index in [1.807, 2.05) is 25.3 Å². The fourth-order valence-electron chi connectivity index (χ4n) is 4.41. The van der Waals surface area contributed by atoms with E-state index in [0.717, 1.165) is 34.5 Å². The number of rotatable bonds is 9. The van der Waals surface area contributed by atoms with Crippen LogP contribution in [0.25, 0.3) is 11.3 Å². The highest BCUT2D eigenvalue weighted by molar-refractivity contribution is 6.36. The molecule has 5 aromatic rings. The van der Waals surface area contributed by atoms with E-state index in [0.29, 0.717) is 40.3 Å². The molecule has 0 unspecified atom stereocenters. The second kappa shape index (κ2) is 12.2. The third-order valence-corrected chi connectivity index (χ3v) is 7.38. The van der Waals surface area contributed by atoms with E-state index in [4.69, 9.17) is 23.2 Å². The molecule has 3 heterocycles. The summed E-state index contributed by atoms with van der Waals surface area (Å²) in [6.45, 7) is 2.92. The van der Waals surface area contributed by atoms with Gasteiger partial charge in [0.15, 0.2) is 5.43 Å². The number of nitrogens with zero attached hydrogens (tertiary/aromatic N) is 3. The van der Waals surface area contributed by atoms with Crippen LogP contribution in [-0.2, 0) is 25.9 Å². The highest BCUT2D eigenvalue weighted by Crippen LogP contribution is 2.27. The number of anilines is 1. The van der Waals surface area contributed by atoms with Gasteiger partial charge in [0.05, 0.1) is 18.4 Å².